The minimum atomic E-state index is 0.239. The maximum atomic E-state index is 12.5. The van der Waals surface area contributed by atoms with E-state index in [1.165, 1.54) is 5.56 Å². The summed E-state index contributed by atoms with van der Waals surface area (Å²) in [6.45, 7) is 4.82. The number of hydrogen-bond acceptors (Lipinski definition) is 3. The largest absolute Gasteiger partial charge is 0.340 e. The van der Waals surface area contributed by atoms with Gasteiger partial charge in [-0.2, -0.15) is 11.3 Å². The van der Waals surface area contributed by atoms with Crippen molar-refractivity contribution < 1.29 is 4.79 Å². The van der Waals surface area contributed by atoms with Crippen LogP contribution in [0.3, 0.4) is 0 Å². The summed E-state index contributed by atoms with van der Waals surface area (Å²) < 4.78 is 0. The molecule has 2 aliphatic rings. The van der Waals surface area contributed by atoms with Gasteiger partial charge in [0.15, 0.2) is 0 Å². The summed E-state index contributed by atoms with van der Waals surface area (Å²) in [6, 6.07) is 2.19. The van der Waals surface area contributed by atoms with Crippen LogP contribution in [-0.4, -0.2) is 41.9 Å². The molecule has 1 aromatic rings. The molecule has 0 N–H and O–H groups in total. The van der Waals surface area contributed by atoms with E-state index in [9.17, 15) is 4.79 Å². The fraction of sp³-hybridized carbons (Fsp3) is 0.562. The van der Waals surface area contributed by atoms with Gasteiger partial charge in [0.25, 0.3) is 0 Å². The highest BCUT2D eigenvalue weighted by Gasteiger charge is 2.27. The first-order valence-electron chi connectivity index (χ1n) is 7.50. The number of carbonyl (C=O) groups is 1. The molecule has 0 bridgehead atoms. The maximum Gasteiger partial charge on any atom is 0.226 e. The van der Waals surface area contributed by atoms with Crippen LogP contribution < -0.4 is 0 Å². The molecule has 3 nitrogen and oxygen atoms in total. The molecular formula is C16H22N2OS. The van der Waals surface area contributed by atoms with E-state index in [4.69, 9.17) is 0 Å². The van der Waals surface area contributed by atoms with E-state index >= 15 is 0 Å². The molecule has 1 aliphatic heterocycles. The predicted molar refractivity (Wildman–Crippen MR) is 82.7 cm³/mol. The SMILES string of the molecule is O=C(C1CC=CCC1)N1CCN(Cc2ccsc2)CC1. The van der Waals surface area contributed by atoms with Crippen LogP contribution in [0.5, 0.6) is 0 Å². The van der Waals surface area contributed by atoms with Gasteiger partial charge in [-0.15, -0.1) is 0 Å². The Balaban J connectivity index is 1.48. The van der Waals surface area contributed by atoms with Crippen LogP contribution >= 0.6 is 11.3 Å². The number of allylic oxidation sites excluding steroid dienone is 2. The minimum Gasteiger partial charge on any atom is -0.340 e. The molecule has 108 valence electrons. The highest BCUT2D eigenvalue weighted by Crippen LogP contribution is 2.21. The van der Waals surface area contributed by atoms with Crippen molar-refractivity contribution in [1.29, 1.82) is 0 Å². The van der Waals surface area contributed by atoms with E-state index in [2.05, 4.69) is 38.8 Å². The number of thiophene rings is 1. The summed E-state index contributed by atoms with van der Waals surface area (Å²) in [4.78, 5) is 17.0. The zero-order valence-corrected chi connectivity index (χ0v) is 12.6. The van der Waals surface area contributed by atoms with Crippen molar-refractivity contribution in [3.63, 3.8) is 0 Å². The molecule has 4 heteroatoms. The molecule has 0 radical (unpaired) electrons. The Bertz CT molecular complexity index is 461. The van der Waals surface area contributed by atoms with Gasteiger partial charge in [-0.1, -0.05) is 12.2 Å². The number of hydrogen-bond donors (Lipinski definition) is 0. The quantitative estimate of drug-likeness (QED) is 0.799. The Kier molecular flexibility index (Phi) is 4.53. The lowest BCUT2D eigenvalue weighted by Gasteiger charge is -2.36. The Labute approximate surface area is 124 Å². The van der Waals surface area contributed by atoms with Gasteiger partial charge >= 0.3 is 0 Å². The lowest BCUT2D eigenvalue weighted by molar-refractivity contribution is -0.137. The Hall–Kier alpha value is -1.13. The van der Waals surface area contributed by atoms with Gasteiger partial charge in [0.05, 0.1) is 0 Å². The van der Waals surface area contributed by atoms with Crippen LogP contribution in [0.15, 0.2) is 29.0 Å². The smallest absolute Gasteiger partial charge is 0.226 e. The third-order valence-corrected chi connectivity index (χ3v) is 5.02. The number of piperazine rings is 1. The van der Waals surface area contributed by atoms with Gasteiger partial charge in [-0.3, -0.25) is 9.69 Å². The number of amides is 1. The highest BCUT2D eigenvalue weighted by atomic mass is 32.1. The van der Waals surface area contributed by atoms with Gasteiger partial charge < -0.3 is 4.90 Å². The standard InChI is InChI=1S/C16H22N2OS/c19-16(15-4-2-1-3-5-15)18-9-7-17(8-10-18)12-14-6-11-20-13-14/h1-2,6,11,13,15H,3-5,7-10,12H2. The van der Waals surface area contributed by atoms with Crippen molar-refractivity contribution in [2.24, 2.45) is 5.92 Å². The van der Waals surface area contributed by atoms with E-state index in [0.29, 0.717) is 5.91 Å². The molecule has 1 aliphatic carbocycles. The van der Waals surface area contributed by atoms with Crippen LogP contribution in [0.4, 0.5) is 0 Å². The molecule has 1 fully saturated rings. The van der Waals surface area contributed by atoms with E-state index in [1.807, 2.05) is 0 Å². The van der Waals surface area contributed by atoms with Gasteiger partial charge in [0, 0.05) is 38.6 Å². The monoisotopic (exact) mass is 290 g/mol. The van der Waals surface area contributed by atoms with E-state index in [-0.39, 0.29) is 5.92 Å². The zero-order valence-electron chi connectivity index (χ0n) is 11.8. The predicted octanol–water partition coefficient (Wildman–Crippen LogP) is 2.75. The third kappa shape index (κ3) is 3.30. The second-order valence-corrected chi connectivity index (χ2v) is 6.49. The van der Waals surface area contributed by atoms with Crippen molar-refractivity contribution in [1.82, 2.24) is 9.80 Å². The Morgan fingerprint density at radius 2 is 2.10 bits per heavy atom. The van der Waals surface area contributed by atoms with Crippen LogP contribution in [-0.2, 0) is 11.3 Å². The highest BCUT2D eigenvalue weighted by molar-refractivity contribution is 7.07. The van der Waals surface area contributed by atoms with E-state index in [0.717, 1.165) is 52.0 Å². The average molecular weight is 290 g/mol. The fourth-order valence-electron chi connectivity index (χ4n) is 3.04. The van der Waals surface area contributed by atoms with E-state index < -0.39 is 0 Å². The van der Waals surface area contributed by atoms with Gasteiger partial charge in [0.1, 0.15) is 0 Å². The first kappa shape index (κ1) is 13.8. The molecule has 1 unspecified atom stereocenters. The molecular weight excluding hydrogens is 268 g/mol. The number of rotatable bonds is 3. The molecule has 1 saturated heterocycles. The topological polar surface area (TPSA) is 23.6 Å². The molecule has 3 rings (SSSR count). The minimum absolute atomic E-state index is 0.239. The first-order chi connectivity index (χ1) is 9.83. The summed E-state index contributed by atoms with van der Waals surface area (Å²) in [5.74, 6) is 0.618. The molecule has 1 atom stereocenters. The summed E-state index contributed by atoms with van der Waals surface area (Å²) in [6.07, 6.45) is 7.40. The number of carbonyl (C=O) groups excluding carboxylic acids is 1. The van der Waals surface area contributed by atoms with Crippen LogP contribution in [0.2, 0.25) is 0 Å². The van der Waals surface area contributed by atoms with Crippen molar-refractivity contribution >= 4 is 17.2 Å². The molecule has 0 spiro atoms. The van der Waals surface area contributed by atoms with Gasteiger partial charge in [0.2, 0.25) is 5.91 Å². The van der Waals surface area contributed by atoms with Crippen molar-refractivity contribution in [3.8, 4) is 0 Å². The third-order valence-electron chi connectivity index (χ3n) is 4.29. The molecule has 1 aromatic heterocycles. The average Bonchev–Trinajstić information content (AvgIpc) is 3.01. The lowest BCUT2D eigenvalue weighted by Crippen LogP contribution is -2.50. The zero-order chi connectivity index (χ0) is 13.8. The van der Waals surface area contributed by atoms with Crippen LogP contribution in [0, 0.1) is 5.92 Å². The first-order valence-corrected chi connectivity index (χ1v) is 8.44. The van der Waals surface area contributed by atoms with Crippen molar-refractivity contribution in [2.75, 3.05) is 26.2 Å². The molecule has 1 amide bonds. The van der Waals surface area contributed by atoms with Crippen molar-refractivity contribution in [3.05, 3.63) is 34.5 Å². The Morgan fingerprint density at radius 3 is 2.75 bits per heavy atom. The van der Waals surface area contributed by atoms with Gasteiger partial charge in [-0.05, 0) is 41.7 Å². The maximum absolute atomic E-state index is 12.5. The van der Waals surface area contributed by atoms with Crippen LogP contribution in [0.25, 0.3) is 0 Å². The molecule has 20 heavy (non-hydrogen) atoms. The van der Waals surface area contributed by atoms with Crippen LogP contribution in [0.1, 0.15) is 24.8 Å². The summed E-state index contributed by atoms with van der Waals surface area (Å²) in [7, 11) is 0. The summed E-state index contributed by atoms with van der Waals surface area (Å²) in [5.41, 5.74) is 1.40. The summed E-state index contributed by atoms with van der Waals surface area (Å²) >= 11 is 1.75. The Morgan fingerprint density at radius 1 is 1.25 bits per heavy atom. The second kappa shape index (κ2) is 6.55. The second-order valence-electron chi connectivity index (χ2n) is 5.71. The molecule has 0 saturated carbocycles. The van der Waals surface area contributed by atoms with E-state index in [1.54, 1.807) is 11.3 Å². The molecule has 2 heterocycles. The molecule has 0 aromatic carbocycles. The normalized spacial score (nSPS) is 24.0. The van der Waals surface area contributed by atoms with Gasteiger partial charge in [-0.25, -0.2) is 0 Å². The number of nitrogens with zero attached hydrogens (tertiary/aromatic N) is 2. The fourth-order valence-corrected chi connectivity index (χ4v) is 3.70. The lowest BCUT2D eigenvalue weighted by atomic mass is 9.93. The summed E-state index contributed by atoms with van der Waals surface area (Å²) in [5, 5.41) is 4.34. The van der Waals surface area contributed by atoms with Crippen molar-refractivity contribution in [2.45, 2.75) is 25.8 Å².